The highest BCUT2D eigenvalue weighted by Crippen LogP contribution is 2.25. The van der Waals surface area contributed by atoms with Crippen LogP contribution < -0.4 is 5.32 Å². The summed E-state index contributed by atoms with van der Waals surface area (Å²) in [6.45, 7) is 0.0488. The van der Waals surface area contributed by atoms with Gasteiger partial charge in [-0.15, -0.1) is 0 Å². The number of carboxylic acid groups (broad SMARTS) is 1. The van der Waals surface area contributed by atoms with Crippen molar-refractivity contribution in [2.24, 2.45) is 0 Å². The molecule has 0 saturated carbocycles. The molecule has 2 N–H and O–H groups in total. The molecule has 0 aromatic heterocycles. The van der Waals surface area contributed by atoms with Gasteiger partial charge in [0.2, 0.25) is 0 Å². The Labute approximate surface area is 112 Å². The molecular weight excluding hydrogens is 307 g/mol. The lowest BCUT2D eigenvalue weighted by Crippen LogP contribution is -2.33. The normalized spacial score (nSPS) is 9.94. The lowest BCUT2D eigenvalue weighted by atomic mass is 10.3. The Bertz CT molecular complexity index is 447. The summed E-state index contributed by atoms with van der Waals surface area (Å²) in [5.74, 6) is -1.56. The fourth-order valence-corrected chi connectivity index (χ4v) is 1.63. The molecule has 0 aliphatic carbocycles. The van der Waals surface area contributed by atoms with Gasteiger partial charge in [-0.25, -0.2) is 9.18 Å². The van der Waals surface area contributed by atoms with Crippen molar-refractivity contribution in [2.75, 3.05) is 18.9 Å². The zero-order valence-corrected chi connectivity index (χ0v) is 11.2. The standard InChI is InChI=1S/C11H12BrFN2O3/c1-15(6-5-9(16)17)11(18)14-10-7(12)3-2-4-8(10)13/h2-4H,5-6H2,1H3,(H,14,18)(H,16,17). The van der Waals surface area contributed by atoms with Crippen LogP contribution in [0.2, 0.25) is 0 Å². The first-order chi connectivity index (χ1) is 8.41. The van der Waals surface area contributed by atoms with Gasteiger partial charge in [0.25, 0.3) is 0 Å². The number of hydrogen-bond donors (Lipinski definition) is 2. The van der Waals surface area contributed by atoms with E-state index in [4.69, 9.17) is 5.11 Å². The molecular formula is C11H12BrFN2O3. The Hall–Kier alpha value is -1.63. The largest absolute Gasteiger partial charge is 0.481 e. The number of anilines is 1. The first kappa shape index (κ1) is 14.4. The Morgan fingerprint density at radius 2 is 2.17 bits per heavy atom. The van der Waals surface area contributed by atoms with E-state index in [0.29, 0.717) is 4.47 Å². The Balaban J connectivity index is 2.67. The minimum Gasteiger partial charge on any atom is -0.481 e. The topological polar surface area (TPSA) is 69.6 Å². The molecule has 0 heterocycles. The van der Waals surface area contributed by atoms with Gasteiger partial charge < -0.3 is 15.3 Å². The molecule has 0 bridgehead atoms. The molecule has 0 radical (unpaired) electrons. The van der Waals surface area contributed by atoms with Crippen LogP contribution >= 0.6 is 15.9 Å². The van der Waals surface area contributed by atoms with Gasteiger partial charge in [0.15, 0.2) is 0 Å². The number of carbonyl (C=O) groups excluding carboxylic acids is 1. The van der Waals surface area contributed by atoms with E-state index in [1.165, 1.54) is 24.1 Å². The predicted molar refractivity (Wildman–Crippen MR) is 68.0 cm³/mol. The zero-order valence-electron chi connectivity index (χ0n) is 9.61. The summed E-state index contributed by atoms with van der Waals surface area (Å²) in [7, 11) is 1.44. The molecule has 1 rings (SSSR count). The summed E-state index contributed by atoms with van der Waals surface area (Å²) in [5.41, 5.74) is 0.0321. The lowest BCUT2D eigenvalue weighted by molar-refractivity contribution is -0.137. The number of rotatable bonds is 4. The van der Waals surface area contributed by atoms with Crippen LogP contribution in [-0.2, 0) is 4.79 Å². The van der Waals surface area contributed by atoms with Crippen LogP contribution in [0, 0.1) is 5.82 Å². The summed E-state index contributed by atoms with van der Waals surface area (Å²) >= 11 is 3.12. The molecule has 0 atom stereocenters. The number of urea groups is 1. The summed E-state index contributed by atoms with van der Waals surface area (Å²) < 4.78 is 13.8. The van der Waals surface area contributed by atoms with E-state index in [-0.39, 0.29) is 18.7 Å². The molecule has 0 fully saturated rings. The number of carboxylic acids is 1. The van der Waals surface area contributed by atoms with Gasteiger partial charge in [-0.3, -0.25) is 4.79 Å². The number of amides is 2. The second kappa shape index (κ2) is 6.34. The van der Waals surface area contributed by atoms with Crippen LogP contribution in [0.4, 0.5) is 14.9 Å². The van der Waals surface area contributed by atoms with Crippen LogP contribution in [0.1, 0.15) is 6.42 Å². The average Bonchev–Trinajstić information content (AvgIpc) is 2.30. The van der Waals surface area contributed by atoms with E-state index in [0.717, 1.165) is 0 Å². The van der Waals surface area contributed by atoms with E-state index >= 15 is 0 Å². The first-order valence-electron chi connectivity index (χ1n) is 5.09. The third kappa shape index (κ3) is 3.99. The molecule has 0 unspecified atom stereocenters. The first-order valence-corrected chi connectivity index (χ1v) is 5.89. The van der Waals surface area contributed by atoms with E-state index in [1.54, 1.807) is 6.07 Å². The highest BCUT2D eigenvalue weighted by atomic mass is 79.9. The van der Waals surface area contributed by atoms with Gasteiger partial charge in [-0.05, 0) is 28.1 Å². The molecule has 18 heavy (non-hydrogen) atoms. The minimum atomic E-state index is -0.998. The predicted octanol–water partition coefficient (Wildman–Crippen LogP) is 2.53. The van der Waals surface area contributed by atoms with Crippen molar-refractivity contribution in [1.82, 2.24) is 4.90 Å². The number of aliphatic carboxylic acids is 1. The van der Waals surface area contributed by atoms with Gasteiger partial charge in [-0.2, -0.15) is 0 Å². The Kier molecular flexibility index (Phi) is 5.08. The number of carbonyl (C=O) groups is 2. The van der Waals surface area contributed by atoms with E-state index in [1.807, 2.05) is 0 Å². The molecule has 0 saturated heterocycles. The maximum Gasteiger partial charge on any atom is 0.321 e. The second-order valence-corrected chi connectivity index (χ2v) is 4.45. The van der Waals surface area contributed by atoms with Crippen LogP contribution in [0.15, 0.2) is 22.7 Å². The third-order valence-corrected chi connectivity index (χ3v) is 2.86. The number of benzene rings is 1. The lowest BCUT2D eigenvalue weighted by Gasteiger charge is -2.17. The van der Waals surface area contributed by atoms with Crippen LogP contribution in [0.5, 0.6) is 0 Å². The van der Waals surface area contributed by atoms with Crippen molar-refractivity contribution in [2.45, 2.75) is 6.42 Å². The van der Waals surface area contributed by atoms with E-state index in [9.17, 15) is 14.0 Å². The number of hydrogen-bond acceptors (Lipinski definition) is 2. The number of nitrogens with zero attached hydrogens (tertiary/aromatic N) is 1. The number of para-hydroxylation sites is 1. The van der Waals surface area contributed by atoms with Crippen molar-refractivity contribution in [3.63, 3.8) is 0 Å². The molecule has 0 spiro atoms. The monoisotopic (exact) mass is 318 g/mol. The maximum atomic E-state index is 13.4. The van der Waals surface area contributed by atoms with Crippen molar-refractivity contribution in [3.8, 4) is 0 Å². The van der Waals surface area contributed by atoms with E-state index < -0.39 is 17.8 Å². The quantitative estimate of drug-likeness (QED) is 0.896. The zero-order chi connectivity index (χ0) is 13.7. The van der Waals surface area contributed by atoms with Crippen LogP contribution in [-0.4, -0.2) is 35.6 Å². The summed E-state index contributed by atoms with van der Waals surface area (Å²) in [6.07, 6.45) is -0.164. The average molecular weight is 319 g/mol. The molecule has 7 heteroatoms. The highest BCUT2D eigenvalue weighted by molar-refractivity contribution is 9.10. The van der Waals surface area contributed by atoms with Crippen LogP contribution in [0.25, 0.3) is 0 Å². The Morgan fingerprint density at radius 3 is 2.72 bits per heavy atom. The summed E-state index contributed by atoms with van der Waals surface area (Å²) in [4.78, 5) is 23.2. The molecule has 0 aliphatic heterocycles. The van der Waals surface area contributed by atoms with Crippen molar-refractivity contribution >= 4 is 33.6 Å². The van der Waals surface area contributed by atoms with Crippen molar-refractivity contribution < 1.29 is 19.1 Å². The number of nitrogens with one attached hydrogen (secondary N) is 1. The number of halogens is 2. The van der Waals surface area contributed by atoms with Gasteiger partial charge in [0.1, 0.15) is 5.82 Å². The summed E-state index contributed by atoms with van der Waals surface area (Å²) in [6, 6.07) is 3.75. The third-order valence-electron chi connectivity index (χ3n) is 2.20. The molecule has 1 aromatic carbocycles. The fraction of sp³-hybridized carbons (Fsp3) is 0.273. The Morgan fingerprint density at radius 1 is 1.50 bits per heavy atom. The molecule has 98 valence electrons. The van der Waals surface area contributed by atoms with Gasteiger partial charge in [0.05, 0.1) is 12.1 Å². The minimum absolute atomic E-state index is 0.0321. The SMILES string of the molecule is CN(CCC(=O)O)C(=O)Nc1c(F)cccc1Br. The second-order valence-electron chi connectivity index (χ2n) is 3.59. The highest BCUT2D eigenvalue weighted by Gasteiger charge is 2.14. The molecule has 2 amide bonds. The van der Waals surface area contributed by atoms with Gasteiger partial charge in [0, 0.05) is 18.1 Å². The van der Waals surface area contributed by atoms with Crippen LogP contribution in [0.3, 0.4) is 0 Å². The van der Waals surface area contributed by atoms with E-state index in [2.05, 4.69) is 21.2 Å². The fourth-order valence-electron chi connectivity index (χ4n) is 1.18. The van der Waals surface area contributed by atoms with Gasteiger partial charge in [-0.1, -0.05) is 6.07 Å². The van der Waals surface area contributed by atoms with Crippen molar-refractivity contribution in [1.29, 1.82) is 0 Å². The van der Waals surface area contributed by atoms with Gasteiger partial charge >= 0.3 is 12.0 Å². The molecule has 0 aliphatic rings. The molecule has 5 nitrogen and oxygen atoms in total. The summed E-state index contributed by atoms with van der Waals surface area (Å²) in [5, 5.41) is 10.9. The molecule has 1 aromatic rings. The van der Waals surface area contributed by atoms with Crippen molar-refractivity contribution in [3.05, 3.63) is 28.5 Å². The maximum absolute atomic E-state index is 13.4. The smallest absolute Gasteiger partial charge is 0.321 e.